The summed E-state index contributed by atoms with van der Waals surface area (Å²) >= 11 is 0. The van der Waals surface area contributed by atoms with Crippen molar-refractivity contribution in [1.29, 1.82) is 0 Å². The molecule has 1 N–H and O–H groups in total. The van der Waals surface area contributed by atoms with Gasteiger partial charge in [-0.3, -0.25) is 9.69 Å². The highest BCUT2D eigenvalue weighted by atomic mass is 16.5. The Labute approximate surface area is 175 Å². The van der Waals surface area contributed by atoms with E-state index in [-0.39, 0.29) is 18.0 Å². The van der Waals surface area contributed by atoms with E-state index in [4.69, 9.17) is 4.74 Å². The quantitative estimate of drug-likeness (QED) is 0.733. The van der Waals surface area contributed by atoms with Gasteiger partial charge in [-0.05, 0) is 38.5 Å². The molecular weight excluding hydrogens is 368 g/mol. The number of nitrogens with zero attached hydrogens (tertiary/aromatic N) is 3. The fraction of sp³-hybridized carbons (Fsp3) is 0.909. The highest BCUT2D eigenvalue weighted by Crippen LogP contribution is 2.32. The summed E-state index contributed by atoms with van der Waals surface area (Å²) in [5.41, 5.74) is 0. The van der Waals surface area contributed by atoms with Crippen LogP contribution in [0.4, 0.5) is 4.79 Å². The Morgan fingerprint density at radius 2 is 1.69 bits per heavy atom. The topological polar surface area (TPSA) is 65.1 Å². The van der Waals surface area contributed by atoms with E-state index in [2.05, 4.69) is 15.1 Å². The number of likely N-dealkylation sites (tertiary alicyclic amines) is 1. The van der Waals surface area contributed by atoms with Crippen molar-refractivity contribution in [3.63, 3.8) is 0 Å². The van der Waals surface area contributed by atoms with Gasteiger partial charge in [-0.1, -0.05) is 19.3 Å². The number of piperidine rings is 1. The molecule has 1 unspecified atom stereocenters. The summed E-state index contributed by atoms with van der Waals surface area (Å²) in [7, 11) is 0. The highest BCUT2D eigenvalue weighted by Gasteiger charge is 2.38. The third-order valence-electron chi connectivity index (χ3n) is 7.03. The highest BCUT2D eigenvalue weighted by molar-refractivity contribution is 5.81. The molecule has 164 valence electrons. The van der Waals surface area contributed by atoms with Crippen molar-refractivity contribution >= 4 is 11.9 Å². The van der Waals surface area contributed by atoms with Gasteiger partial charge in [-0.15, -0.1) is 0 Å². The van der Waals surface area contributed by atoms with Crippen LogP contribution >= 0.6 is 0 Å². The van der Waals surface area contributed by atoms with E-state index in [0.717, 1.165) is 84.5 Å². The van der Waals surface area contributed by atoms with Crippen LogP contribution in [0.3, 0.4) is 0 Å². The van der Waals surface area contributed by atoms with Gasteiger partial charge < -0.3 is 19.9 Å². The van der Waals surface area contributed by atoms with E-state index in [1.807, 2.05) is 4.90 Å². The largest absolute Gasteiger partial charge is 0.379 e. The lowest BCUT2D eigenvalue weighted by molar-refractivity contribution is -0.136. The molecule has 2 aliphatic carbocycles. The summed E-state index contributed by atoms with van der Waals surface area (Å²) < 4.78 is 5.45. The number of morpholine rings is 1. The van der Waals surface area contributed by atoms with Crippen LogP contribution < -0.4 is 5.32 Å². The lowest BCUT2D eigenvalue weighted by Gasteiger charge is -2.41. The number of hydrogen-bond acceptors (Lipinski definition) is 4. The van der Waals surface area contributed by atoms with Gasteiger partial charge in [0.25, 0.3) is 0 Å². The molecule has 29 heavy (non-hydrogen) atoms. The maximum atomic E-state index is 13.0. The summed E-state index contributed by atoms with van der Waals surface area (Å²) in [6.45, 7) is 6.65. The molecule has 2 saturated heterocycles. The van der Waals surface area contributed by atoms with Crippen LogP contribution in [0.5, 0.6) is 0 Å². The predicted octanol–water partition coefficient (Wildman–Crippen LogP) is 2.06. The second kappa shape index (κ2) is 10.1. The second-order valence-corrected chi connectivity index (χ2v) is 9.29. The summed E-state index contributed by atoms with van der Waals surface area (Å²) in [5.74, 6) is 0.545. The van der Waals surface area contributed by atoms with Gasteiger partial charge in [0, 0.05) is 57.3 Å². The zero-order valence-corrected chi connectivity index (χ0v) is 17.8. The number of hydrogen-bond donors (Lipinski definition) is 1. The Balaban J connectivity index is 1.33. The van der Waals surface area contributed by atoms with Gasteiger partial charge in [0.1, 0.15) is 0 Å². The number of rotatable bonds is 6. The van der Waals surface area contributed by atoms with Crippen LogP contribution in [-0.4, -0.2) is 91.2 Å². The molecule has 1 atom stereocenters. The van der Waals surface area contributed by atoms with Gasteiger partial charge >= 0.3 is 6.03 Å². The standard InChI is InChI=1S/C22H38N4O3/c27-21(18-8-9-18)26(12-11-24-13-15-29-16-14-24)20-7-4-10-25(17-20)22(28)23-19-5-2-1-3-6-19/h18-20H,1-17H2,(H,23,28). The molecule has 0 aromatic rings. The summed E-state index contributed by atoms with van der Waals surface area (Å²) in [5, 5.41) is 3.26. The van der Waals surface area contributed by atoms with Crippen LogP contribution in [0.15, 0.2) is 0 Å². The van der Waals surface area contributed by atoms with Crippen LogP contribution in [-0.2, 0) is 9.53 Å². The Morgan fingerprint density at radius 3 is 2.41 bits per heavy atom. The lowest BCUT2D eigenvalue weighted by Crippen LogP contribution is -2.56. The normalized spacial score (nSPS) is 26.9. The van der Waals surface area contributed by atoms with Crippen LogP contribution in [0, 0.1) is 5.92 Å². The Hall–Kier alpha value is -1.34. The zero-order valence-electron chi connectivity index (χ0n) is 17.8. The van der Waals surface area contributed by atoms with E-state index in [9.17, 15) is 9.59 Å². The number of ether oxygens (including phenoxy) is 1. The monoisotopic (exact) mass is 406 g/mol. The van der Waals surface area contributed by atoms with Crippen LogP contribution in [0.1, 0.15) is 57.8 Å². The van der Waals surface area contributed by atoms with Gasteiger partial charge in [-0.2, -0.15) is 0 Å². The maximum absolute atomic E-state index is 13.0. The molecule has 4 fully saturated rings. The minimum Gasteiger partial charge on any atom is -0.379 e. The molecule has 0 aromatic heterocycles. The zero-order chi connectivity index (χ0) is 20.1. The summed E-state index contributed by atoms with van der Waals surface area (Å²) in [6, 6.07) is 0.575. The Morgan fingerprint density at radius 1 is 0.931 bits per heavy atom. The molecule has 7 nitrogen and oxygen atoms in total. The first-order chi connectivity index (χ1) is 14.2. The van der Waals surface area contributed by atoms with Crippen molar-refractivity contribution in [3.8, 4) is 0 Å². The van der Waals surface area contributed by atoms with Crippen molar-refractivity contribution < 1.29 is 14.3 Å². The molecule has 3 amide bonds. The van der Waals surface area contributed by atoms with E-state index >= 15 is 0 Å². The van der Waals surface area contributed by atoms with E-state index in [1.54, 1.807) is 0 Å². The van der Waals surface area contributed by atoms with Crippen molar-refractivity contribution in [1.82, 2.24) is 20.0 Å². The fourth-order valence-electron chi connectivity index (χ4n) is 5.02. The predicted molar refractivity (Wildman–Crippen MR) is 112 cm³/mol. The van der Waals surface area contributed by atoms with Gasteiger partial charge in [0.15, 0.2) is 0 Å². The van der Waals surface area contributed by atoms with Crippen LogP contribution in [0.2, 0.25) is 0 Å². The molecule has 2 heterocycles. The molecule has 4 aliphatic rings. The molecule has 2 aliphatic heterocycles. The first-order valence-electron chi connectivity index (χ1n) is 11.9. The van der Waals surface area contributed by atoms with E-state index in [1.165, 1.54) is 19.3 Å². The molecule has 0 bridgehead atoms. The second-order valence-electron chi connectivity index (χ2n) is 9.29. The summed E-state index contributed by atoms with van der Waals surface area (Å²) in [6.07, 6.45) is 10.0. The minimum atomic E-state index is 0.0774. The Bertz CT molecular complexity index is 556. The van der Waals surface area contributed by atoms with Crippen molar-refractivity contribution in [2.24, 2.45) is 5.92 Å². The number of carbonyl (C=O) groups is 2. The average Bonchev–Trinajstić information content (AvgIpc) is 3.61. The lowest BCUT2D eigenvalue weighted by atomic mass is 9.95. The first kappa shape index (κ1) is 20.9. The number of amides is 3. The van der Waals surface area contributed by atoms with E-state index < -0.39 is 0 Å². The third kappa shape index (κ3) is 5.85. The summed E-state index contributed by atoms with van der Waals surface area (Å²) in [4.78, 5) is 32.4. The first-order valence-corrected chi connectivity index (χ1v) is 11.9. The Kier molecular flexibility index (Phi) is 7.29. The average molecular weight is 407 g/mol. The number of urea groups is 1. The van der Waals surface area contributed by atoms with Crippen LogP contribution in [0.25, 0.3) is 0 Å². The molecule has 0 aromatic carbocycles. The molecular formula is C22H38N4O3. The minimum absolute atomic E-state index is 0.0774. The molecule has 7 heteroatoms. The van der Waals surface area contributed by atoms with Gasteiger partial charge in [0.05, 0.1) is 13.2 Å². The molecule has 0 spiro atoms. The van der Waals surface area contributed by atoms with Gasteiger partial charge in [-0.25, -0.2) is 4.79 Å². The fourth-order valence-corrected chi connectivity index (χ4v) is 5.02. The maximum Gasteiger partial charge on any atom is 0.317 e. The molecule has 4 rings (SSSR count). The third-order valence-corrected chi connectivity index (χ3v) is 7.03. The van der Waals surface area contributed by atoms with Crippen molar-refractivity contribution in [3.05, 3.63) is 0 Å². The van der Waals surface area contributed by atoms with Crippen molar-refractivity contribution in [2.75, 3.05) is 52.5 Å². The SMILES string of the molecule is O=C(NC1CCCCC1)N1CCCC(N(CCN2CCOCC2)C(=O)C2CC2)C1. The number of nitrogens with one attached hydrogen (secondary N) is 1. The van der Waals surface area contributed by atoms with Crippen molar-refractivity contribution in [2.45, 2.75) is 69.9 Å². The number of carbonyl (C=O) groups excluding carboxylic acids is 2. The van der Waals surface area contributed by atoms with E-state index in [0.29, 0.717) is 18.5 Å². The molecule has 0 radical (unpaired) electrons. The van der Waals surface area contributed by atoms with Gasteiger partial charge in [0.2, 0.25) is 5.91 Å². The molecule has 2 saturated carbocycles. The smallest absolute Gasteiger partial charge is 0.317 e.